The molecule has 1 aliphatic heterocycles. The number of fused-ring (bicyclic) bond motifs is 1. The Morgan fingerprint density at radius 2 is 1.91 bits per heavy atom. The fraction of sp³-hybridized carbons (Fsp3) is 1.00. The molecule has 0 aromatic carbocycles. The Morgan fingerprint density at radius 3 is 2.55 bits per heavy atom. The van der Waals surface area contributed by atoms with Gasteiger partial charge in [0.15, 0.2) is 0 Å². The van der Waals surface area contributed by atoms with Gasteiger partial charge >= 0.3 is 0 Å². The van der Waals surface area contributed by atoms with Gasteiger partial charge in [-0.3, -0.25) is 0 Å². The normalized spacial score (nSPS) is 49.1. The van der Waals surface area contributed by atoms with Gasteiger partial charge < -0.3 is 4.74 Å². The van der Waals surface area contributed by atoms with Gasteiger partial charge in [-0.15, -0.1) is 0 Å². The Kier molecular flexibility index (Phi) is 1.71. The van der Waals surface area contributed by atoms with Crippen LogP contribution in [-0.4, -0.2) is 12.2 Å². The molecule has 0 spiro atoms. The Labute approximate surface area is 69.1 Å². The summed E-state index contributed by atoms with van der Waals surface area (Å²) in [6.45, 7) is 6.96. The third kappa shape index (κ3) is 1.20. The summed E-state index contributed by atoms with van der Waals surface area (Å²) < 4.78 is 5.66. The predicted octanol–water partition coefficient (Wildman–Crippen LogP) is 2.46. The van der Waals surface area contributed by atoms with Gasteiger partial charge in [0.25, 0.3) is 0 Å². The van der Waals surface area contributed by atoms with E-state index in [-0.39, 0.29) is 0 Å². The minimum Gasteiger partial charge on any atom is -0.369 e. The van der Waals surface area contributed by atoms with E-state index in [2.05, 4.69) is 20.8 Å². The van der Waals surface area contributed by atoms with E-state index in [1.165, 1.54) is 12.8 Å². The van der Waals surface area contributed by atoms with Crippen LogP contribution in [0, 0.1) is 17.8 Å². The van der Waals surface area contributed by atoms with Crippen molar-refractivity contribution in [3.05, 3.63) is 0 Å². The Balaban J connectivity index is 1.97. The van der Waals surface area contributed by atoms with Gasteiger partial charge in [0.05, 0.1) is 12.2 Å². The highest BCUT2D eigenvalue weighted by Crippen LogP contribution is 2.46. The summed E-state index contributed by atoms with van der Waals surface area (Å²) in [4.78, 5) is 0. The van der Waals surface area contributed by atoms with Crippen LogP contribution < -0.4 is 0 Å². The fourth-order valence-corrected chi connectivity index (χ4v) is 2.44. The van der Waals surface area contributed by atoms with Crippen molar-refractivity contribution in [3.8, 4) is 0 Å². The van der Waals surface area contributed by atoms with Crippen molar-refractivity contribution in [1.82, 2.24) is 0 Å². The molecule has 1 aliphatic carbocycles. The molecule has 0 aromatic rings. The van der Waals surface area contributed by atoms with Crippen molar-refractivity contribution in [3.63, 3.8) is 0 Å². The molecule has 2 aliphatic rings. The molecule has 0 bridgehead atoms. The Morgan fingerprint density at radius 1 is 1.18 bits per heavy atom. The minimum atomic E-state index is 0.635. The van der Waals surface area contributed by atoms with Crippen molar-refractivity contribution < 1.29 is 4.74 Å². The first kappa shape index (κ1) is 7.60. The Hall–Kier alpha value is -0.0400. The zero-order chi connectivity index (χ0) is 8.01. The van der Waals surface area contributed by atoms with Gasteiger partial charge in [-0.2, -0.15) is 0 Å². The quantitative estimate of drug-likeness (QED) is 0.528. The maximum Gasteiger partial charge on any atom is 0.0875 e. The van der Waals surface area contributed by atoms with Gasteiger partial charge in [0.2, 0.25) is 0 Å². The number of ether oxygens (including phenoxy) is 1. The van der Waals surface area contributed by atoms with Crippen LogP contribution in [0.4, 0.5) is 0 Å². The van der Waals surface area contributed by atoms with Crippen molar-refractivity contribution in [1.29, 1.82) is 0 Å². The zero-order valence-corrected chi connectivity index (χ0v) is 7.71. The second kappa shape index (κ2) is 2.48. The highest BCUT2D eigenvalue weighted by Gasteiger charge is 2.51. The van der Waals surface area contributed by atoms with Crippen LogP contribution in [0.15, 0.2) is 0 Å². The molecule has 0 N–H and O–H groups in total. The van der Waals surface area contributed by atoms with E-state index in [1.54, 1.807) is 0 Å². The molecule has 4 atom stereocenters. The van der Waals surface area contributed by atoms with Crippen molar-refractivity contribution >= 4 is 0 Å². The van der Waals surface area contributed by atoms with Crippen molar-refractivity contribution in [2.24, 2.45) is 17.8 Å². The van der Waals surface area contributed by atoms with E-state index >= 15 is 0 Å². The average Bonchev–Trinajstić information content (AvgIpc) is 2.66. The molecule has 0 aromatic heterocycles. The highest BCUT2D eigenvalue weighted by atomic mass is 16.6. The SMILES string of the molecule is CC(C)[C@H]1CCC(C)[C@@H]2O[C@H]12. The molecule has 1 nitrogen and oxygen atoms in total. The van der Waals surface area contributed by atoms with E-state index in [4.69, 9.17) is 4.74 Å². The number of epoxide rings is 1. The first-order chi connectivity index (χ1) is 5.20. The van der Waals surface area contributed by atoms with Crippen molar-refractivity contribution in [2.45, 2.75) is 45.8 Å². The molecule has 0 amide bonds. The summed E-state index contributed by atoms with van der Waals surface area (Å²) >= 11 is 0. The number of hydrogen-bond acceptors (Lipinski definition) is 1. The van der Waals surface area contributed by atoms with Crippen LogP contribution in [0.25, 0.3) is 0 Å². The van der Waals surface area contributed by atoms with Crippen LogP contribution in [-0.2, 0) is 4.74 Å². The van der Waals surface area contributed by atoms with E-state index in [1.807, 2.05) is 0 Å². The van der Waals surface area contributed by atoms with Gasteiger partial charge in [0, 0.05) is 0 Å². The largest absolute Gasteiger partial charge is 0.369 e. The summed E-state index contributed by atoms with van der Waals surface area (Å²) in [5.41, 5.74) is 0. The first-order valence-electron chi connectivity index (χ1n) is 4.85. The predicted molar refractivity (Wildman–Crippen MR) is 45.4 cm³/mol. The van der Waals surface area contributed by atoms with Crippen molar-refractivity contribution in [2.75, 3.05) is 0 Å². The lowest BCUT2D eigenvalue weighted by atomic mass is 9.78. The highest BCUT2D eigenvalue weighted by molar-refractivity contribution is 4.98. The van der Waals surface area contributed by atoms with E-state index < -0.39 is 0 Å². The molecule has 1 saturated carbocycles. The fourth-order valence-electron chi connectivity index (χ4n) is 2.44. The molecule has 1 heteroatoms. The molecule has 0 radical (unpaired) electrons. The van der Waals surface area contributed by atoms with E-state index in [0.717, 1.165) is 17.8 Å². The standard InChI is InChI=1S/C10H18O/c1-6(2)8-5-4-7(3)9-10(8)11-9/h6-10H,4-5H2,1-3H3/t7?,8-,9+,10-/m1/s1. The molecule has 1 saturated heterocycles. The summed E-state index contributed by atoms with van der Waals surface area (Å²) in [6.07, 6.45) is 4.04. The Bertz CT molecular complexity index is 153. The topological polar surface area (TPSA) is 12.5 Å². The van der Waals surface area contributed by atoms with Gasteiger partial charge in [-0.05, 0) is 30.6 Å². The molecule has 64 valence electrons. The molecular weight excluding hydrogens is 136 g/mol. The lowest BCUT2D eigenvalue weighted by Crippen LogP contribution is -2.25. The third-order valence-corrected chi connectivity index (χ3v) is 3.36. The smallest absolute Gasteiger partial charge is 0.0875 e. The lowest BCUT2D eigenvalue weighted by molar-refractivity contribution is 0.257. The summed E-state index contributed by atoms with van der Waals surface area (Å²) in [5, 5.41) is 0. The molecule has 11 heavy (non-hydrogen) atoms. The number of rotatable bonds is 1. The molecule has 1 heterocycles. The minimum absolute atomic E-state index is 0.635. The molecule has 1 unspecified atom stereocenters. The summed E-state index contributed by atoms with van der Waals surface area (Å²) in [7, 11) is 0. The van der Waals surface area contributed by atoms with Crippen LogP contribution in [0.1, 0.15) is 33.6 Å². The first-order valence-corrected chi connectivity index (χ1v) is 4.85. The molecular formula is C10H18O. The third-order valence-electron chi connectivity index (χ3n) is 3.36. The molecule has 2 fully saturated rings. The average molecular weight is 154 g/mol. The van der Waals surface area contributed by atoms with Crippen LogP contribution in [0.3, 0.4) is 0 Å². The van der Waals surface area contributed by atoms with E-state index in [0.29, 0.717) is 12.2 Å². The van der Waals surface area contributed by atoms with Gasteiger partial charge in [0.1, 0.15) is 0 Å². The van der Waals surface area contributed by atoms with Gasteiger partial charge in [-0.25, -0.2) is 0 Å². The van der Waals surface area contributed by atoms with E-state index in [9.17, 15) is 0 Å². The monoisotopic (exact) mass is 154 g/mol. The number of hydrogen-bond donors (Lipinski definition) is 0. The lowest BCUT2D eigenvalue weighted by Gasteiger charge is -2.24. The van der Waals surface area contributed by atoms with Crippen LogP contribution in [0.2, 0.25) is 0 Å². The summed E-state index contributed by atoms with van der Waals surface area (Å²) in [5.74, 6) is 2.50. The van der Waals surface area contributed by atoms with Crippen LogP contribution in [0.5, 0.6) is 0 Å². The second-order valence-electron chi connectivity index (χ2n) is 4.53. The maximum atomic E-state index is 5.66. The van der Waals surface area contributed by atoms with Gasteiger partial charge in [-0.1, -0.05) is 20.8 Å². The second-order valence-corrected chi connectivity index (χ2v) is 4.53. The summed E-state index contributed by atoms with van der Waals surface area (Å²) in [6, 6.07) is 0. The maximum absolute atomic E-state index is 5.66. The van der Waals surface area contributed by atoms with Crippen LogP contribution >= 0.6 is 0 Å². The molecule has 2 rings (SSSR count). The zero-order valence-electron chi connectivity index (χ0n) is 7.71.